The molecule has 0 amide bonds. The van der Waals surface area contributed by atoms with Crippen LogP contribution in [0.4, 0.5) is 0 Å². The van der Waals surface area contributed by atoms with Crippen molar-refractivity contribution in [3.05, 3.63) is 29.8 Å². The summed E-state index contributed by atoms with van der Waals surface area (Å²) in [6, 6.07) is 6.63. The zero-order valence-electron chi connectivity index (χ0n) is 14.0. The van der Waals surface area contributed by atoms with E-state index in [2.05, 4.69) is 0 Å². The van der Waals surface area contributed by atoms with Crippen LogP contribution in [0.2, 0.25) is 0 Å². The largest absolute Gasteiger partial charge is 0.367 e. The predicted octanol–water partition coefficient (Wildman–Crippen LogP) is 2.01. The molecular weight excluding hydrogens is 332 g/mol. The lowest BCUT2D eigenvalue weighted by Crippen LogP contribution is -2.31. The molecule has 4 atom stereocenters. The summed E-state index contributed by atoms with van der Waals surface area (Å²) in [5.41, 5.74) is 0.680. The van der Waals surface area contributed by atoms with Crippen LogP contribution < -0.4 is 0 Å². The molecule has 2 heterocycles. The van der Waals surface area contributed by atoms with E-state index in [1.54, 1.807) is 24.3 Å². The van der Waals surface area contributed by atoms with Crippen LogP contribution in [-0.2, 0) is 28.5 Å². The number of benzene rings is 1. The summed E-state index contributed by atoms with van der Waals surface area (Å²) in [6.07, 6.45) is 0.348. The molecule has 0 aromatic heterocycles. The van der Waals surface area contributed by atoms with Crippen molar-refractivity contribution in [2.24, 2.45) is 5.92 Å². The maximum absolute atomic E-state index is 12.4. The average Bonchev–Trinajstić information content (AvgIpc) is 3.14. The van der Waals surface area contributed by atoms with Gasteiger partial charge in [-0.15, -0.1) is 0 Å². The molecular formula is C17H22O6S. The molecule has 3 aliphatic rings. The first-order chi connectivity index (χ1) is 11.2. The molecule has 0 radical (unpaired) electrons. The van der Waals surface area contributed by atoms with Gasteiger partial charge >= 0.3 is 0 Å². The Kier molecular flexibility index (Phi) is 3.61. The summed E-state index contributed by atoms with van der Waals surface area (Å²) >= 11 is 0. The predicted molar refractivity (Wildman–Crippen MR) is 84.9 cm³/mol. The highest BCUT2D eigenvalue weighted by Gasteiger charge is 2.68. The molecule has 1 aromatic rings. The minimum atomic E-state index is -3.78. The molecule has 2 saturated heterocycles. The van der Waals surface area contributed by atoms with E-state index in [0.29, 0.717) is 13.0 Å². The molecule has 1 saturated carbocycles. The molecule has 0 bridgehead atoms. The number of rotatable bonds is 4. The monoisotopic (exact) mass is 354 g/mol. The first-order valence-electron chi connectivity index (χ1n) is 8.17. The van der Waals surface area contributed by atoms with Gasteiger partial charge in [-0.3, -0.25) is 4.18 Å². The van der Waals surface area contributed by atoms with Gasteiger partial charge < -0.3 is 14.2 Å². The Morgan fingerprint density at radius 1 is 1.21 bits per heavy atom. The van der Waals surface area contributed by atoms with Crippen LogP contribution in [0.5, 0.6) is 0 Å². The van der Waals surface area contributed by atoms with E-state index in [0.717, 1.165) is 5.56 Å². The summed E-state index contributed by atoms with van der Waals surface area (Å²) in [7, 11) is -3.78. The van der Waals surface area contributed by atoms with E-state index in [9.17, 15) is 8.42 Å². The number of hydrogen-bond donors (Lipinski definition) is 0. The van der Waals surface area contributed by atoms with Crippen LogP contribution in [0.1, 0.15) is 25.8 Å². The van der Waals surface area contributed by atoms with Gasteiger partial charge in [0.1, 0.15) is 11.7 Å². The van der Waals surface area contributed by atoms with Crippen LogP contribution in [0.15, 0.2) is 29.2 Å². The standard InChI is InChI=1S/C17H22O6S/c1-11-4-6-13(7-5-11)24(18,19)21-9-12-8-17(10-20-17)15-14(12)22-16(2,3)23-15/h4-7,12,14-15H,8-10H2,1-3H3/t12-,14-,15-,17-/m0/s1. The number of hydrogen-bond acceptors (Lipinski definition) is 6. The van der Waals surface area contributed by atoms with Crippen molar-refractivity contribution in [1.82, 2.24) is 0 Å². The highest BCUT2D eigenvalue weighted by atomic mass is 32.2. The summed E-state index contributed by atoms with van der Waals surface area (Å²) in [5, 5.41) is 0. The fourth-order valence-corrected chi connectivity index (χ4v) is 4.65. The quantitative estimate of drug-likeness (QED) is 0.608. The summed E-state index contributed by atoms with van der Waals surface area (Å²) in [6.45, 7) is 6.34. The molecule has 3 fully saturated rings. The van der Waals surface area contributed by atoms with Gasteiger partial charge in [0, 0.05) is 5.92 Å². The van der Waals surface area contributed by atoms with E-state index in [1.165, 1.54) is 0 Å². The van der Waals surface area contributed by atoms with Gasteiger partial charge in [0.25, 0.3) is 10.1 Å². The van der Waals surface area contributed by atoms with Gasteiger partial charge in [-0.05, 0) is 39.3 Å². The Bertz CT molecular complexity index is 735. The van der Waals surface area contributed by atoms with Crippen LogP contribution >= 0.6 is 0 Å². The molecule has 1 aliphatic carbocycles. The molecule has 0 N–H and O–H groups in total. The van der Waals surface area contributed by atoms with Gasteiger partial charge in [0.15, 0.2) is 5.79 Å². The van der Waals surface area contributed by atoms with Crippen molar-refractivity contribution in [2.45, 2.75) is 55.7 Å². The van der Waals surface area contributed by atoms with E-state index in [-0.39, 0.29) is 35.2 Å². The molecule has 0 unspecified atom stereocenters. The highest BCUT2D eigenvalue weighted by molar-refractivity contribution is 7.86. The average molecular weight is 354 g/mol. The second-order valence-electron chi connectivity index (χ2n) is 7.39. The molecule has 2 aliphatic heterocycles. The van der Waals surface area contributed by atoms with Crippen molar-refractivity contribution < 1.29 is 26.8 Å². The Hall–Kier alpha value is -0.990. The van der Waals surface area contributed by atoms with Crippen molar-refractivity contribution in [2.75, 3.05) is 13.2 Å². The van der Waals surface area contributed by atoms with Gasteiger partial charge in [0.2, 0.25) is 0 Å². The Balaban J connectivity index is 1.47. The molecule has 132 valence electrons. The third kappa shape index (κ3) is 2.78. The van der Waals surface area contributed by atoms with Crippen molar-refractivity contribution in [1.29, 1.82) is 0 Å². The normalized spacial score (nSPS) is 36.9. The second-order valence-corrected chi connectivity index (χ2v) is 9.01. The van der Waals surface area contributed by atoms with Crippen molar-refractivity contribution in [3.63, 3.8) is 0 Å². The Morgan fingerprint density at radius 2 is 1.88 bits per heavy atom. The van der Waals surface area contributed by atoms with Crippen LogP contribution in [0.25, 0.3) is 0 Å². The van der Waals surface area contributed by atoms with Gasteiger partial charge in [0.05, 0.1) is 24.2 Å². The minimum absolute atomic E-state index is 0.0699. The van der Waals surface area contributed by atoms with Gasteiger partial charge in [-0.1, -0.05) is 17.7 Å². The van der Waals surface area contributed by atoms with Crippen LogP contribution in [0, 0.1) is 12.8 Å². The van der Waals surface area contributed by atoms with E-state index < -0.39 is 15.9 Å². The highest BCUT2D eigenvalue weighted by Crippen LogP contribution is 2.54. The van der Waals surface area contributed by atoms with E-state index in [4.69, 9.17) is 18.4 Å². The fourth-order valence-electron chi connectivity index (χ4n) is 3.69. The molecule has 7 heteroatoms. The number of fused-ring (bicyclic) bond motifs is 2. The lowest BCUT2D eigenvalue weighted by atomic mass is 10.1. The molecule has 1 spiro atoms. The van der Waals surface area contributed by atoms with Gasteiger partial charge in [-0.25, -0.2) is 0 Å². The third-order valence-electron chi connectivity index (χ3n) is 4.98. The lowest BCUT2D eigenvalue weighted by Gasteiger charge is -2.22. The summed E-state index contributed by atoms with van der Waals surface area (Å²) < 4.78 is 47.6. The molecule has 6 nitrogen and oxygen atoms in total. The maximum Gasteiger partial charge on any atom is 0.296 e. The number of epoxide rings is 1. The smallest absolute Gasteiger partial charge is 0.296 e. The number of ether oxygens (including phenoxy) is 3. The minimum Gasteiger partial charge on any atom is -0.367 e. The zero-order valence-corrected chi connectivity index (χ0v) is 14.8. The maximum atomic E-state index is 12.4. The summed E-state index contributed by atoms with van der Waals surface area (Å²) in [4.78, 5) is 0.170. The zero-order chi connectivity index (χ0) is 17.2. The van der Waals surface area contributed by atoms with Crippen molar-refractivity contribution >= 4 is 10.1 Å². The SMILES string of the molecule is Cc1ccc(S(=O)(=O)OC[C@@H]2C[C@]3(CO3)[C@H]3OC(C)(C)O[C@@H]23)cc1. The fraction of sp³-hybridized carbons (Fsp3) is 0.647. The number of aryl methyl sites for hydroxylation is 1. The topological polar surface area (TPSA) is 74.4 Å². The van der Waals surface area contributed by atoms with Crippen LogP contribution in [-0.4, -0.2) is 45.2 Å². The van der Waals surface area contributed by atoms with E-state index in [1.807, 2.05) is 20.8 Å². The first-order valence-corrected chi connectivity index (χ1v) is 9.57. The lowest BCUT2D eigenvalue weighted by molar-refractivity contribution is -0.163. The Morgan fingerprint density at radius 3 is 2.50 bits per heavy atom. The second kappa shape index (κ2) is 5.25. The van der Waals surface area contributed by atoms with Gasteiger partial charge in [-0.2, -0.15) is 8.42 Å². The molecule has 1 aromatic carbocycles. The van der Waals surface area contributed by atoms with Crippen molar-refractivity contribution in [3.8, 4) is 0 Å². The van der Waals surface area contributed by atoms with Crippen LogP contribution in [0.3, 0.4) is 0 Å². The Labute approximate surface area is 142 Å². The summed E-state index contributed by atoms with van der Waals surface area (Å²) in [5.74, 6) is -0.748. The van der Waals surface area contributed by atoms with E-state index >= 15 is 0 Å². The molecule has 4 rings (SSSR count). The third-order valence-corrected chi connectivity index (χ3v) is 6.28. The first kappa shape index (κ1) is 16.5. The molecule has 24 heavy (non-hydrogen) atoms.